The van der Waals surface area contributed by atoms with Crippen molar-refractivity contribution in [1.29, 1.82) is 0 Å². The second-order valence-electron chi connectivity index (χ2n) is 8.29. The fourth-order valence-corrected chi connectivity index (χ4v) is 4.98. The van der Waals surface area contributed by atoms with E-state index in [1.807, 2.05) is 31.2 Å². The van der Waals surface area contributed by atoms with Gasteiger partial charge >= 0.3 is 16.1 Å². The molecule has 34 heavy (non-hydrogen) atoms. The van der Waals surface area contributed by atoms with Gasteiger partial charge in [-0.1, -0.05) is 56.0 Å². The van der Waals surface area contributed by atoms with Gasteiger partial charge in [-0.2, -0.15) is 8.42 Å². The van der Waals surface area contributed by atoms with E-state index in [1.54, 1.807) is 12.1 Å². The summed E-state index contributed by atoms with van der Waals surface area (Å²) in [5, 5.41) is 9.18. The molecule has 0 unspecified atom stereocenters. The summed E-state index contributed by atoms with van der Waals surface area (Å²) in [6.07, 6.45) is 6.44. The molecule has 188 valence electrons. The number of aliphatic carboxylic acids is 1. The zero-order valence-corrected chi connectivity index (χ0v) is 21.6. The van der Waals surface area contributed by atoms with Crippen LogP contribution in [0.1, 0.15) is 69.1 Å². The van der Waals surface area contributed by atoms with E-state index in [9.17, 15) is 13.2 Å². The molecule has 0 heterocycles. The minimum Gasteiger partial charge on any atom is -0.494 e. The molecule has 0 fully saturated rings. The second-order valence-corrected chi connectivity index (χ2v) is 10.4. The van der Waals surface area contributed by atoms with Gasteiger partial charge in [0.25, 0.3) is 0 Å². The van der Waals surface area contributed by atoms with Gasteiger partial charge < -0.3 is 14.0 Å². The summed E-state index contributed by atoms with van der Waals surface area (Å²) in [6, 6.07) is 11.1. The van der Waals surface area contributed by atoms with E-state index in [4.69, 9.17) is 25.6 Å². The lowest BCUT2D eigenvalue weighted by Crippen LogP contribution is -2.14. The topological polar surface area (TPSA) is 89.9 Å². The van der Waals surface area contributed by atoms with Crippen molar-refractivity contribution in [1.82, 2.24) is 0 Å². The maximum absolute atomic E-state index is 12.2. The summed E-state index contributed by atoms with van der Waals surface area (Å²) in [5.74, 6) is 0.122. The number of hydrogen-bond donors (Lipinski definition) is 1. The van der Waals surface area contributed by atoms with E-state index in [2.05, 4.69) is 6.92 Å². The molecule has 2 aromatic carbocycles. The molecular weight excluding hydrogens is 476 g/mol. The third-order valence-electron chi connectivity index (χ3n) is 5.43. The number of hydrogen-bond acceptors (Lipinski definition) is 5. The SMILES string of the molecule is CCCCCCS(=O)(=O)Oc1ccc(CCCc2ccc(CCC(=O)O)cc2OCC)cc1Cl. The van der Waals surface area contributed by atoms with Crippen molar-refractivity contribution < 1.29 is 27.2 Å². The highest BCUT2D eigenvalue weighted by molar-refractivity contribution is 7.87. The summed E-state index contributed by atoms with van der Waals surface area (Å²) in [6.45, 7) is 4.53. The number of benzene rings is 2. The Balaban J connectivity index is 1.93. The van der Waals surface area contributed by atoms with Crippen LogP contribution in [0, 0.1) is 0 Å². The van der Waals surface area contributed by atoms with Crippen molar-refractivity contribution in [3.63, 3.8) is 0 Å². The first-order valence-electron chi connectivity index (χ1n) is 11.9. The smallest absolute Gasteiger partial charge is 0.309 e. The van der Waals surface area contributed by atoms with Gasteiger partial charge in [0, 0.05) is 6.42 Å². The summed E-state index contributed by atoms with van der Waals surface area (Å²) < 4.78 is 35.4. The maximum Gasteiger partial charge on any atom is 0.309 e. The molecule has 0 aliphatic heterocycles. The molecule has 0 saturated heterocycles. The molecule has 0 bridgehead atoms. The van der Waals surface area contributed by atoms with Gasteiger partial charge in [0.2, 0.25) is 0 Å². The predicted molar refractivity (Wildman–Crippen MR) is 136 cm³/mol. The predicted octanol–water partition coefficient (Wildman–Crippen LogP) is 6.22. The van der Waals surface area contributed by atoms with Crippen molar-refractivity contribution in [3.05, 3.63) is 58.1 Å². The van der Waals surface area contributed by atoms with Crippen LogP contribution in [-0.4, -0.2) is 31.9 Å². The Morgan fingerprint density at radius 3 is 2.32 bits per heavy atom. The number of carboxylic acids is 1. The maximum atomic E-state index is 12.2. The van der Waals surface area contributed by atoms with E-state index in [0.717, 1.165) is 61.0 Å². The molecular formula is C26H35ClO6S. The standard InChI is InChI=1S/C26H35ClO6S/c1-3-5-6-7-17-34(30,31)33-24-15-12-20(18-23(24)27)9-8-10-22-14-11-21(13-16-26(28)29)19-25(22)32-4-2/h11-12,14-15,18-19H,3-10,13,16-17H2,1-2H3,(H,28,29). The Morgan fingerprint density at radius 2 is 1.65 bits per heavy atom. The van der Waals surface area contributed by atoms with Crippen LogP contribution >= 0.6 is 11.6 Å². The number of halogens is 1. The Bertz CT molecular complexity index is 1040. The minimum atomic E-state index is -3.66. The molecule has 2 rings (SSSR count). The molecule has 1 N–H and O–H groups in total. The first-order chi connectivity index (χ1) is 16.2. The largest absolute Gasteiger partial charge is 0.494 e. The van der Waals surface area contributed by atoms with Gasteiger partial charge in [0.15, 0.2) is 5.75 Å². The third-order valence-corrected chi connectivity index (χ3v) is 6.95. The average Bonchev–Trinajstić information content (AvgIpc) is 2.78. The molecule has 8 heteroatoms. The van der Waals surface area contributed by atoms with E-state index in [-0.39, 0.29) is 22.9 Å². The summed E-state index contributed by atoms with van der Waals surface area (Å²) in [4.78, 5) is 10.8. The van der Waals surface area contributed by atoms with Crippen LogP contribution in [-0.2, 0) is 34.2 Å². The summed E-state index contributed by atoms with van der Waals surface area (Å²) in [7, 11) is -3.66. The molecule has 0 saturated carbocycles. The van der Waals surface area contributed by atoms with Gasteiger partial charge in [-0.25, -0.2) is 0 Å². The van der Waals surface area contributed by atoms with Crippen molar-refractivity contribution in [2.24, 2.45) is 0 Å². The zero-order chi connectivity index (χ0) is 25.0. The van der Waals surface area contributed by atoms with E-state index >= 15 is 0 Å². The molecule has 0 spiro atoms. The highest BCUT2D eigenvalue weighted by Crippen LogP contribution is 2.28. The molecule has 0 radical (unpaired) electrons. The van der Waals surface area contributed by atoms with E-state index < -0.39 is 16.1 Å². The molecule has 0 aliphatic rings. The lowest BCUT2D eigenvalue weighted by atomic mass is 10.0. The van der Waals surface area contributed by atoms with Crippen LogP contribution in [0.2, 0.25) is 5.02 Å². The summed E-state index contributed by atoms with van der Waals surface area (Å²) in [5.41, 5.74) is 3.01. The Morgan fingerprint density at radius 1 is 0.912 bits per heavy atom. The van der Waals surface area contributed by atoms with Gasteiger partial charge in [-0.15, -0.1) is 0 Å². The van der Waals surface area contributed by atoms with Gasteiger partial charge in [-0.05, 0) is 73.9 Å². The number of unbranched alkanes of at least 4 members (excludes halogenated alkanes) is 3. The number of aryl methyl sites for hydroxylation is 3. The molecule has 0 atom stereocenters. The second kappa shape index (κ2) is 14.2. The fraction of sp³-hybridized carbons (Fsp3) is 0.500. The zero-order valence-electron chi connectivity index (χ0n) is 20.0. The minimum absolute atomic E-state index is 0.0116. The molecule has 0 amide bonds. The van der Waals surface area contributed by atoms with Crippen LogP contribution in [0.3, 0.4) is 0 Å². The number of rotatable bonds is 16. The lowest BCUT2D eigenvalue weighted by Gasteiger charge is -2.13. The van der Waals surface area contributed by atoms with Crippen molar-refractivity contribution >= 4 is 27.7 Å². The molecule has 2 aromatic rings. The Kier molecular flexibility index (Phi) is 11.7. The first kappa shape index (κ1) is 28.0. The quantitative estimate of drug-likeness (QED) is 0.213. The van der Waals surface area contributed by atoms with Crippen LogP contribution < -0.4 is 8.92 Å². The first-order valence-corrected chi connectivity index (χ1v) is 13.9. The number of ether oxygens (including phenoxy) is 1. The normalized spacial score (nSPS) is 11.4. The highest BCUT2D eigenvalue weighted by atomic mass is 35.5. The Labute approximate surface area is 208 Å². The van der Waals surface area contributed by atoms with Crippen molar-refractivity contribution in [2.75, 3.05) is 12.4 Å². The van der Waals surface area contributed by atoms with Crippen LogP contribution in [0.4, 0.5) is 0 Å². The number of carboxylic acid groups (broad SMARTS) is 1. The summed E-state index contributed by atoms with van der Waals surface area (Å²) >= 11 is 6.30. The van der Waals surface area contributed by atoms with Gasteiger partial charge in [-0.3, -0.25) is 4.79 Å². The van der Waals surface area contributed by atoms with Crippen molar-refractivity contribution in [3.8, 4) is 11.5 Å². The molecule has 0 aromatic heterocycles. The lowest BCUT2D eigenvalue weighted by molar-refractivity contribution is -0.136. The van der Waals surface area contributed by atoms with Crippen LogP contribution in [0.25, 0.3) is 0 Å². The Hall–Kier alpha value is -2.25. The third kappa shape index (κ3) is 9.94. The average molecular weight is 511 g/mol. The van der Waals surface area contributed by atoms with E-state index in [1.165, 1.54) is 0 Å². The highest BCUT2D eigenvalue weighted by Gasteiger charge is 2.15. The van der Waals surface area contributed by atoms with Crippen LogP contribution in [0.5, 0.6) is 11.5 Å². The monoisotopic (exact) mass is 510 g/mol. The fourth-order valence-electron chi connectivity index (χ4n) is 3.64. The van der Waals surface area contributed by atoms with Crippen molar-refractivity contribution in [2.45, 2.75) is 71.6 Å². The number of carbonyl (C=O) groups is 1. The molecule has 6 nitrogen and oxygen atoms in total. The molecule has 0 aliphatic carbocycles. The van der Waals surface area contributed by atoms with Gasteiger partial charge in [0.05, 0.1) is 17.4 Å². The van der Waals surface area contributed by atoms with E-state index in [0.29, 0.717) is 19.4 Å². The van der Waals surface area contributed by atoms with Crippen LogP contribution in [0.15, 0.2) is 36.4 Å². The van der Waals surface area contributed by atoms with Gasteiger partial charge in [0.1, 0.15) is 5.75 Å².